The van der Waals surface area contributed by atoms with Gasteiger partial charge in [0.05, 0.1) is 18.8 Å². The lowest BCUT2D eigenvalue weighted by Crippen LogP contribution is -2.43. The molecule has 5 nitrogen and oxygen atoms in total. The van der Waals surface area contributed by atoms with Crippen molar-refractivity contribution in [2.24, 2.45) is 4.99 Å². The lowest BCUT2D eigenvalue weighted by Gasteiger charge is -2.28. The summed E-state index contributed by atoms with van der Waals surface area (Å²) in [4.78, 5) is 7.06. The molecule has 0 saturated heterocycles. The largest absolute Gasteiger partial charge is 0.468 e. The van der Waals surface area contributed by atoms with Gasteiger partial charge in [0.25, 0.3) is 0 Å². The summed E-state index contributed by atoms with van der Waals surface area (Å²) in [6.07, 6.45) is 1.74. The number of rotatable bonds is 9. The van der Waals surface area contributed by atoms with Crippen molar-refractivity contribution in [3.8, 4) is 0 Å². The predicted molar refractivity (Wildman–Crippen MR) is 117 cm³/mol. The maximum absolute atomic E-state index is 5.65. The monoisotopic (exact) mass is 476 g/mol. The molecule has 0 bridgehead atoms. The van der Waals surface area contributed by atoms with Gasteiger partial charge in [0.1, 0.15) is 5.76 Å². The maximum atomic E-state index is 5.65. The first-order valence-corrected chi connectivity index (χ1v) is 9.53. The highest BCUT2D eigenvalue weighted by molar-refractivity contribution is 14.0. The van der Waals surface area contributed by atoms with E-state index in [4.69, 9.17) is 4.42 Å². The Balaban J connectivity index is 0.00000312. The Bertz CT molecular complexity index is 582. The van der Waals surface area contributed by atoms with Crippen LogP contribution in [0.15, 0.2) is 44.6 Å². The number of guanidine groups is 1. The molecule has 2 aromatic rings. The number of nitrogens with zero attached hydrogens (tertiary/aromatic N) is 2. The number of halogens is 1. The predicted octanol–water partition coefficient (Wildman–Crippen LogP) is 4.10. The Morgan fingerprint density at radius 1 is 1.24 bits per heavy atom. The number of hydrogen-bond donors (Lipinski definition) is 2. The molecule has 0 fully saturated rings. The highest BCUT2D eigenvalue weighted by Gasteiger charge is 2.20. The van der Waals surface area contributed by atoms with E-state index in [1.807, 2.05) is 12.1 Å². The molecule has 0 spiro atoms. The summed E-state index contributed by atoms with van der Waals surface area (Å²) in [5.41, 5.74) is 1.24. The van der Waals surface area contributed by atoms with E-state index in [1.54, 1.807) is 17.6 Å². The van der Waals surface area contributed by atoms with Gasteiger partial charge in [-0.2, -0.15) is 11.3 Å². The molecular formula is C18H29IN4OS. The number of furan rings is 1. The van der Waals surface area contributed by atoms with Gasteiger partial charge in [0, 0.05) is 13.1 Å². The highest BCUT2D eigenvalue weighted by Crippen LogP contribution is 2.20. The summed E-state index contributed by atoms with van der Waals surface area (Å²) in [5.74, 6) is 1.83. The second-order valence-electron chi connectivity index (χ2n) is 5.46. The summed E-state index contributed by atoms with van der Waals surface area (Å²) in [6.45, 7) is 10.7. The van der Waals surface area contributed by atoms with E-state index in [9.17, 15) is 0 Å². The molecule has 2 heterocycles. The quantitative estimate of drug-likeness (QED) is 0.325. The van der Waals surface area contributed by atoms with Crippen LogP contribution < -0.4 is 10.6 Å². The molecule has 0 amide bonds. The second kappa shape index (κ2) is 12.3. The molecule has 25 heavy (non-hydrogen) atoms. The van der Waals surface area contributed by atoms with Crippen molar-refractivity contribution in [2.75, 3.05) is 26.2 Å². The number of thiophene rings is 1. The van der Waals surface area contributed by atoms with Gasteiger partial charge in [-0.1, -0.05) is 13.8 Å². The first-order chi connectivity index (χ1) is 11.8. The number of hydrogen-bond acceptors (Lipinski definition) is 4. The third-order valence-electron chi connectivity index (χ3n) is 3.93. The molecule has 0 aliphatic rings. The second-order valence-corrected chi connectivity index (χ2v) is 6.24. The van der Waals surface area contributed by atoms with Crippen LogP contribution in [0.5, 0.6) is 0 Å². The Morgan fingerprint density at radius 3 is 2.60 bits per heavy atom. The van der Waals surface area contributed by atoms with Crippen LogP contribution in [0.1, 0.15) is 38.1 Å². The average molecular weight is 476 g/mol. The minimum absolute atomic E-state index is 0. The Hall–Kier alpha value is -1.06. The fraction of sp³-hybridized carbons (Fsp3) is 0.500. The molecule has 2 aromatic heterocycles. The first-order valence-electron chi connectivity index (χ1n) is 8.59. The Labute approximate surface area is 171 Å². The number of nitrogens with one attached hydrogen (secondary N) is 2. The Kier molecular flexibility index (Phi) is 10.8. The van der Waals surface area contributed by atoms with Crippen LogP contribution in [0.2, 0.25) is 0 Å². The molecule has 0 radical (unpaired) electrons. The van der Waals surface area contributed by atoms with Crippen molar-refractivity contribution in [2.45, 2.75) is 33.4 Å². The normalized spacial score (nSPS) is 12.7. The summed E-state index contributed by atoms with van der Waals surface area (Å²) < 4.78 is 5.65. The molecule has 1 atom stereocenters. The van der Waals surface area contributed by atoms with Crippen molar-refractivity contribution < 1.29 is 4.42 Å². The number of likely N-dealkylation sites (N-methyl/N-ethyl adjacent to an activating group) is 1. The van der Waals surface area contributed by atoms with E-state index in [2.05, 4.69) is 58.1 Å². The first kappa shape index (κ1) is 22.0. The van der Waals surface area contributed by atoms with Crippen LogP contribution in [0.4, 0.5) is 0 Å². The SMILES string of the molecule is CCNC(=NCc1ccsc1)NCC(c1ccco1)N(CC)CC.I. The summed E-state index contributed by atoms with van der Waals surface area (Å²) in [6, 6.07) is 6.29. The minimum atomic E-state index is 0. The van der Waals surface area contributed by atoms with Gasteiger partial charge in [0.15, 0.2) is 5.96 Å². The van der Waals surface area contributed by atoms with Gasteiger partial charge in [-0.15, -0.1) is 24.0 Å². The van der Waals surface area contributed by atoms with E-state index >= 15 is 0 Å². The molecule has 140 valence electrons. The molecule has 1 unspecified atom stereocenters. The zero-order valence-electron chi connectivity index (χ0n) is 15.2. The van der Waals surface area contributed by atoms with Crippen LogP contribution in [0.3, 0.4) is 0 Å². The van der Waals surface area contributed by atoms with E-state index in [0.29, 0.717) is 6.54 Å². The average Bonchev–Trinajstić information content (AvgIpc) is 3.29. The summed E-state index contributed by atoms with van der Waals surface area (Å²) >= 11 is 1.70. The lowest BCUT2D eigenvalue weighted by atomic mass is 10.2. The zero-order chi connectivity index (χ0) is 17.2. The smallest absolute Gasteiger partial charge is 0.191 e. The maximum Gasteiger partial charge on any atom is 0.191 e. The van der Waals surface area contributed by atoms with Crippen LogP contribution in [0.25, 0.3) is 0 Å². The van der Waals surface area contributed by atoms with Gasteiger partial charge in [-0.05, 0) is 54.5 Å². The fourth-order valence-electron chi connectivity index (χ4n) is 2.64. The topological polar surface area (TPSA) is 52.8 Å². The summed E-state index contributed by atoms with van der Waals surface area (Å²) in [7, 11) is 0. The third-order valence-corrected chi connectivity index (χ3v) is 4.66. The van der Waals surface area contributed by atoms with Crippen molar-refractivity contribution in [3.63, 3.8) is 0 Å². The van der Waals surface area contributed by atoms with E-state index in [0.717, 1.165) is 37.9 Å². The molecular weight excluding hydrogens is 447 g/mol. The molecule has 2 rings (SSSR count). The van der Waals surface area contributed by atoms with Gasteiger partial charge in [-0.25, -0.2) is 4.99 Å². The minimum Gasteiger partial charge on any atom is -0.468 e. The van der Waals surface area contributed by atoms with E-state index in [-0.39, 0.29) is 30.0 Å². The van der Waals surface area contributed by atoms with E-state index < -0.39 is 0 Å². The van der Waals surface area contributed by atoms with Gasteiger partial charge in [0.2, 0.25) is 0 Å². The standard InChI is InChI=1S/C18H28N4OS.HI/c1-4-19-18(20-12-15-9-11-24-14-15)21-13-16(22(5-2)6-3)17-8-7-10-23-17;/h7-11,14,16H,4-6,12-13H2,1-3H3,(H2,19,20,21);1H. The van der Waals surface area contributed by atoms with Gasteiger partial charge in [-0.3, -0.25) is 4.90 Å². The summed E-state index contributed by atoms with van der Waals surface area (Å²) in [5, 5.41) is 11.0. The molecule has 0 saturated carbocycles. The van der Waals surface area contributed by atoms with Gasteiger partial charge < -0.3 is 15.1 Å². The number of aliphatic imine (C=N–C) groups is 1. The molecule has 0 aliphatic carbocycles. The molecule has 7 heteroatoms. The third kappa shape index (κ3) is 6.99. The van der Waals surface area contributed by atoms with Crippen molar-refractivity contribution in [3.05, 3.63) is 46.5 Å². The molecule has 2 N–H and O–H groups in total. The molecule has 0 aromatic carbocycles. The van der Waals surface area contributed by atoms with Crippen LogP contribution >= 0.6 is 35.3 Å². The van der Waals surface area contributed by atoms with Gasteiger partial charge >= 0.3 is 0 Å². The van der Waals surface area contributed by atoms with E-state index in [1.165, 1.54) is 5.56 Å². The lowest BCUT2D eigenvalue weighted by molar-refractivity contribution is 0.193. The van der Waals surface area contributed by atoms with Crippen LogP contribution in [-0.2, 0) is 6.54 Å². The van der Waals surface area contributed by atoms with Crippen molar-refractivity contribution in [1.29, 1.82) is 0 Å². The van der Waals surface area contributed by atoms with Crippen molar-refractivity contribution in [1.82, 2.24) is 15.5 Å². The zero-order valence-corrected chi connectivity index (χ0v) is 18.3. The van der Waals surface area contributed by atoms with Crippen LogP contribution in [0, 0.1) is 0 Å². The van der Waals surface area contributed by atoms with Crippen molar-refractivity contribution >= 4 is 41.3 Å². The highest BCUT2D eigenvalue weighted by atomic mass is 127. The molecule has 0 aliphatic heterocycles. The van der Waals surface area contributed by atoms with Crippen LogP contribution in [-0.4, -0.2) is 37.0 Å². The Morgan fingerprint density at radius 2 is 2.04 bits per heavy atom. The fourth-order valence-corrected chi connectivity index (χ4v) is 3.30.